The van der Waals surface area contributed by atoms with Crippen molar-refractivity contribution in [2.75, 3.05) is 0 Å². The summed E-state index contributed by atoms with van der Waals surface area (Å²) < 4.78 is 5.66. The van der Waals surface area contributed by atoms with Gasteiger partial charge in [0, 0.05) is 0 Å². The number of alkyl halides is 1. The zero-order chi connectivity index (χ0) is 13.7. The molecule has 1 atom stereocenters. The van der Waals surface area contributed by atoms with Gasteiger partial charge in [-0.2, -0.15) is 0 Å². The zero-order valence-corrected chi connectivity index (χ0v) is 12.4. The summed E-state index contributed by atoms with van der Waals surface area (Å²) in [4.78, 5) is 10.4. The predicted octanol–water partition coefficient (Wildman–Crippen LogP) is 4.55. The van der Waals surface area contributed by atoms with Crippen LogP contribution in [0.3, 0.4) is 0 Å². The van der Waals surface area contributed by atoms with E-state index in [1.54, 1.807) is 12.1 Å². The molecule has 0 amide bonds. The number of aldehydes is 1. The van der Waals surface area contributed by atoms with Crippen molar-refractivity contribution in [2.45, 2.75) is 11.4 Å². The van der Waals surface area contributed by atoms with Crippen LogP contribution in [0, 0.1) is 0 Å². The van der Waals surface area contributed by atoms with Gasteiger partial charge in [0.2, 0.25) is 0 Å². The summed E-state index contributed by atoms with van der Waals surface area (Å²) in [5, 5.41) is 0.500. The molecular formula is C15H12BrClO2. The molecule has 0 bridgehead atoms. The minimum absolute atomic E-state index is 0.340. The molecule has 4 heteroatoms. The fourth-order valence-corrected chi connectivity index (χ4v) is 2.15. The van der Waals surface area contributed by atoms with Crippen molar-refractivity contribution in [1.82, 2.24) is 0 Å². The fourth-order valence-electron chi connectivity index (χ4n) is 1.62. The van der Waals surface area contributed by atoms with Gasteiger partial charge in [-0.3, -0.25) is 0 Å². The number of carbonyl (C=O) groups is 1. The van der Waals surface area contributed by atoms with Gasteiger partial charge in [0.15, 0.2) is 0 Å². The average Bonchev–Trinajstić information content (AvgIpc) is 2.46. The number of benzene rings is 2. The lowest BCUT2D eigenvalue weighted by Gasteiger charge is -2.10. The number of halogens is 2. The number of carbonyl (C=O) groups excluding carboxylic acids is 1. The molecule has 2 rings (SSSR count). The van der Waals surface area contributed by atoms with Gasteiger partial charge in [-0.25, -0.2) is 0 Å². The third-order valence-corrected chi connectivity index (χ3v) is 3.67. The van der Waals surface area contributed by atoms with Crippen molar-refractivity contribution >= 4 is 33.8 Å². The minimum atomic E-state index is -0.340. The van der Waals surface area contributed by atoms with Crippen LogP contribution in [0.2, 0.25) is 5.02 Å². The largest absolute Gasteiger partial charge is 0.487 e. The van der Waals surface area contributed by atoms with Gasteiger partial charge in [-0.1, -0.05) is 63.9 Å². The molecule has 0 saturated heterocycles. The Hall–Kier alpha value is -1.32. The molecule has 0 saturated carbocycles. The normalized spacial score (nSPS) is 11.9. The Morgan fingerprint density at radius 1 is 1.21 bits per heavy atom. The summed E-state index contributed by atoms with van der Waals surface area (Å²) in [5.74, 6) is 0.611. The van der Waals surface area contributed by atoms with Crippen LogP contribution in [0.1, 0.15) is 16.0 Å². The molecule has 0 aliphatic carbocycles. The Kier molecular flexibility index (Phi) is 5.00. The molecule has 0 N–H and O–H groups in total. The van der Waals surface area contributed by atoms with Gasteiger partial charge in [0.05, 0.1) is 9.85 Å². The molecule has 0 aliphatic heterocycles. The maximum Gasteiger partial charge on any atom is 0.138 e. The fraction of sp³-hybridized carbons (Fsp3) is 0.133. The highest BCUT2D eigenvalue weighted by Crippen LogP contribution is 2.30. The number of rotatable bonds is 5. The summed E-state index contributed by atoms with van der Waals surface area (Å²) in [6.07, 6.45) is 0.816. The molecule has 0 aliphatic rings. The Morgan fingerprint density at radius 3 is 2.58 bits per heavy atom. The molecule has 0 fully saturated rings. The number of hydrogen-bond acceptors (Lipinski definition) is 2. The maximum absolute atomic E-state index is 10.7. The van der Waals surface area contributed by atoms with Crippen molar-refractivity contribution in [3.63, 3.8) is 0 Å². The molecule has 98 valence electrons. The lowest BCUT2D eigenvalue weighted by molar-refractivity contribution is -0.107. The Balaban J connectivity index is 2.07. The number of ether oxygens (including phenoxy) is 1. The van der Waals surface area contributed by atoms with Crippen molar-refractivity contribution in [1.29, 1.82) is 0 Å². The van der Waals surface area contributed by atoms with E-state index in [0.717, 1.165) is 17.4 Å². The van der Waals surface area contributed by atoms with E-state index >= 15 is 0 Å². The first-order valence-electron chi connectivity index (χ1n) is 5.76. The Labute approximate surface area is 125 Å². The molecule has 2 aromatic rings. The summed E-state index contributed by atoms with van der Waals surface area (Å²) >= 11 is 9.39. The highest BCUT2D eigenvalue weighted by atomic mass is 79.9. The lowest BCUT2D eigenvalue weighted by Crippen LogP contribution is -1.97. The van der Waals surface area contributed by atoms with Crippen LogP contribution in [-0.2, 0) is 11.4 Å². The van der Waals surface area contributed by atoms with Crippen molar-refractivity contribution < 1.29 is 9.53 Å². The van der Waals surface area contributed by atoms with E-state index < -0.39 is 0 Å². The molecule has 0 radical (unpaired) electrons. The molecule has 2 aromatic carbocycles. The van der Waals surface area contributed by atoms with E-state index in [-0.39, 0.29) is 4.83 Å². The summed E-state index contributed by atoms with van der Waals surface area (Å²) in [6, 6.07) is 15.2. The van der Waals surface area contributed by atoms with Crippen LogP contribution in [0.4, 0.5) is 0 Å². The SMILES string of the molecule is O=CC(Br)c1ccc(OCc2ccccc2)c(Cl)c1. The molecule has 2 nitrogen and oxygen atoms in total. The van der Waals surface area contributed by atoms with Gasteiger partial charge < -0.3 is 9.53 Å². The van der Waals surface area contributed by atoms with E-state index in [0.29, 0.717) is 17.4 Å². The topological polar surface area (TPSA) is 26.3 Å². The smallest absolute Gasteiger partial charge is 0.138 e. The first-order valence-corrected chi connectivity index (χ1v) is 7.05. The molecule has 1 unspecified atom stereocenters. The standard InChI is InChI=1S/C15H12BrClO2/c16-13(9-18)12-6-7-15(14(17)8-12)19-10-11-4-2-1-3-5-11/h1-9,13H,10H2. The lowest BCUT2D eigenvalue weighted by atomic mass is 10.1. The van der Waals surface area contributed by atoms with Crippen molar-refractivity contribution in [2.24, 2.45) is 0 Å². The highest BCUT2D eigenvalue weighted by Gasteiger charge is 2.09. The second-order valence-corrected chi connectivity index (χ2v) is 5.40. The average molecular weight is 340 g/mol. The quantitative estimate of drug-likeness (QED) is 0.590. The highest BCUT2D eigenvalue weighted by molar-refractivity contribution is 9.09. The molecule has 19 heavy (non-hydrogen) atoms. The van der Waals surface area contributed by atoms with Gasteiger partial charge in [0.25, 0.3) is 0 Å². The Morgan fingerprint density at radius 2 is 1.95 bits per heavy atom. The second kappa shape index (κ2) is 6.73. The Bertz CT molecular complexity index is 557. The van der Waals surface area contributed by atoms with E-state index in [1.807, 2.05) is 36.4 Å². The third-order valence-electron chi connectivity index (χ3n) is 2.63. The first kappa shape index (κ1) is 14.1. The van der Waals surface area contributed by atoms with Crippen molar-refractivity contribution in [3.8, 4) is 5.75 Å². The van der Waals surface area contributed by atoms with Gasteiger partial charge >= 0.3 is 0 Å². The van der Waals surface area contributed by atoms with E-state index in [1.165, 1.54) is 0 Å². The molecule has 0 spiro atoms. The van der Waals surface area contributed by atoms with Crippen molar-refractivity contribution in [3.05, 3.63) is 64.7 Å². The van der Waals surface area contributed by atoms with Gasteiger partial charge in [-0.05, 0) is 23.3 Å². The summed E-state index contributed by atoms with van der Waals surface area (Å²) in [7, 11) is 0. The van der Waals surface area contributed by atoms with Crippen LogP contribution in [0.15, 0.2) is 48.5 Å². The molecule has 0 aromatic heterocycles. The van der Waals surface area contributed by atoms with Crippen LogP contribution >= 0.6 is 27.5 Å². The maximum atomic E-state index is 10.7. The summed E-state index contributed by atoms with van der Waals surface area (Å²) in [5.41, 5.74) is 1.89. The zero-order valence-electron chi connectivity index (χ0n) is 10.1. The molecule has 0 heterocycles. The predicted molar refractivity (Wildman–Crippen MR) is 80.0 cm³/mol. The number of hydrogen-bond donors (Lipinski definition) is 0. The van der Waals surface area contributed by atoms with Gasteiger partial charge in [0.1, 0.15) is 18.6 Å². The van der Waals surface area contributed by atoms with E-state index in [4.69, 9.17) is 16.3 Å². The monoisotopic (exact) mass is 338 g/mol. The third kappa shape index (κ3) is 3.82. The molecular weight excluding hydrogens is 328 g/mol. The second-order valence-electron chi connectivity index (χ2n) is 4.00. The summed E-state index contributed by atoms with van der Waals surface area (Å²) in [6.45, 7) is 0.464. The van der Waals surface area contributed by atoms with Crippen LogP contribution in [0.5, 0.6) is 5.75 Å². The van der Waals surface area contributed by atoms with E-state index in [9.17, 15) is 4.79 Å². The van der Waals surface area contributed by atoms with E-state index in [2.05, 4.69) is 15.9 Å². The van der Waals surface area contributed by atoms with Gasteiger partial charge in [-0.15, -0.1) is 0 Å². The van der Waals surface area contributed by atoms with Crippen LogP contribution in [0.25, 0.3) is 0 Å². The minimum Gasteiger partial charge on any atom is -0.487 e. The first-order chi connectivity index (χ1) is 9.20. The van der Waals surface area contributed by atoms with Crippen LogP contribution < -0.4 is 4.74 Å². The van der Waals surface area contributed by atoms with Crippen LogP contribution in [-0.4, -0.2) is 6.29 Å².